The molecule has 166 valence electrons. The molecule has 8 nitrogen and oxygen atoms in total. The van der Waals surface area contributed by atoms with Crippen LogP contribution in [0.15, 0.2) is 34.5 Å². The number of halogens is 3. The van der Waals surface area contributed by atoms with Gasteiger partial charge in [-0.3, -0.25) is 4.79 Å². The van der Waals surface area contributed by atoms with Gasteiger partial charge in [-0.1, -0.05) is 24.3 Å². The molecule has 0 bridgehead atoms. The number of alkyl halides is 3. The first-order valence-corrected chi connectivity index (χ1v) is 9.25. The van der Waals surface area contributed by atoms with Gasteiger partial charge in [-0.05, 0) is 26.6 Å². The Hall–Kier alpha value is -2.53. The van der Waals surface area contributed by atoms with Gasteiger partial charge in [-0.25, -0.2) is 4.79 Å². The monoisotopic (exact) mass is 430 g/mol. The normalized spacial score (nSPS) is 16.8. The summed E-state index contributed by atoms with van der Waals surface area (Å²) >= 11 is 0. The smallest absolute Gasteiger partial charge is 0.442 e. The van der Waals surface area contributed by atoms with Gasteiger partial charge in [0.05, 0.1) is 13.7 Å². The zero-order valence-corrected chi connectivity index (χ0v) is 17.2. The molecule has 0 saturated heterocycles. The maximum atomic E-state index is 13.1. The predicted octanol–water partition coefficient (Wildman–Crippen LogP) is 2.03. The third kappa shape index (κ3) is 5.76. The Morgan fingerprint density at radius 3 is 2.27 bits per heavy atom. The molecule has 0 fully saturated rings. The summed E-state index contributed by atoms with van der Waals surface area (Å²) in [5.41, 5.74) is -2.07. The lowest BCUT2D eigenvalue weighted by Crippen LogP contribution is -2.47. The summed E-state index contributed by atoms with van der Waals surface area (Å²) in [6.07, 6.45) is -5.36. The molecule has 11 heteroatoms. The van der Waals surface area contributed by atoms with E-state index in [1.165, 1.54) is 31.4 Å². The first-order chi connectivity index (χ1) is 14.0. The van der Waals surface area contributed by atoms with Crippen molar-refractivity contribution in [1.29, 1.82) is 0 Å². The maximum Gasteiger partial charge on any atom is 0.442 e. The number of benzene rings is 1. The minimum absolute atomic E-state index is 0.0381. The van der Waals surface area contributed by atoms with E-state index < -0.39 is 35.9 Å². The van der Waals surface area contributed by atoms with Crippen LogP contribution in [-0.4, -0.2) is 69.5 Å². The third-order valence-corrected chi connectivity index (χ3v) is 4.57. The lowest BCUT2D eigenvalue weighted by molar-refractivity contribution is -0.166. The molecule has 1 unspecified atom stereocenters. The van der Waals surface area contributed by atoms with Crippen LogP contribution < -0.4 is 5.32 Å². The van der Waals surface area contributed by atoms with Crippen LogP contribution in [0.25, 0.3) is 0 Å². The molecule has 30 heavy (non-hydrogen) atoms. The van der Waals surface area contributed by atoms with Gasteiger partial charge in [0.2, 0.25) is 5.91 Å². The molecular weight excluding hydrogens is 405 g/mol. The van der Waals surface area contributed by atoms with Crippen molar-refractivity contribution in [1.82, 2.24) is 10.2 Å². The summed E-state index contributed by atoms with van der Waals surface area (Å²) in [6.45, 7) is 2.53. The first-order valence-electron chi connectivity index (χ1n) is 9.25. The quantitative estimate of drug-likeness (QED) is 0.574. The van der Waals surface area contributed by atoms with Gasteiger partial charge in [0.15, 0.2) is 0 Å². The van der Waals surface area contributed by atoms with Crippen molar-refractivity contribution < 1.29 is 32.2 Å². The van der Waals surface area contributed by atoms with Crippen molar-refractivity contribution in [3.05, 3.63) is 35.4 Å². The van der Waals surface area contributed by atoms with Gasteiger partial charge < -0.3 is 19.7 Å². The number of likely N-dealkylation sites (N-methyl/N-ethyl adjacent to an activating group) is 1. The predicted molar refractivity (Wildman–Crippen MR) is 101 cm³/mol. The van der Waals surface area contributed by atoms with Gasteiger partial charge in [-0.15, -0.1) is 10.2 Å². The van der Waals surface area contributed by atoms with Crippen LogP contribution >= 0.6 is 0 Å². The topological polar surface area (TPSA) is 92.6 Å². The van der Waals surface area contributed by atoms with Crippen LogP contribution in [-0.2, 0) is 31.1 Å². The van der Waals surface area contributed by atoms with Crippen LogP contribution in [0, 0.1) is 0 Å². The summed E-state index contributed by atoms with van der Waals surface area (Å²) in [6, 6.07) is 4.37. The molecule has 0 aromatic heterocycles. The first kappa shape index (κ1) is 23.7. The summed E-state index contributed by atoms with van der Waals surface area (Å²) < 4.78 is 49.4. The highest BCUT2D eigenvalue weighted by Gasteiger charge is 2.65. The number of esters is 1. The van der Waals surface area contributed by atoms with E-state index in [2.05, 4.69) is 15.5 Å². The number of hydrogen-bond donors (Lipinski definition) is 1. The number of carbonyl (C=O) groups is 2. The average molecular weight is 430 g/mol. The van der Waals surface area contributed by atoms with Crippen molar-refractivity contribution in [2.24, 2.45) is 10.2 Å². The van der Waals surface area contributed by atoms with E-state index in [0.717, 1.165) is 0 Å². The average Bonchev–Trinajstić information content (AvgIpc) is 3.49. The van der Waals surface area contributed by atoms with Crippen LogP contribution in [0.1, 0.15) is 18.1 Å². The fraction of sp³-hybridized carbons (Fsp3) is 0.579. The number of hydrogen-bond acceptors (Lipinski definition) is 7. The third-order valence-electron chi connectivity index (χ3n) is 4.57. The van der Waals surface area contributed by atoms with E-state index >= 15 is 0 Å². The van der Waals surface area contributed by atoms with E-state index in [0.29, 0.717) is 18.7 Å². The lowest BCUT2D eigenvalue weighted by Gasteiger charge is -2.20. The van der Waals surface area contributed by atoms with Crippen molar-refractivity contribution in [3.63, 3.8) is 0 Å². The Bertz CT molecular complexity index is 775. The van der Waals surface area contributed by atoms with Crippen LogP contribution in [0.2, 0.25) is 0 Å². The minimum atomic E-state index is -4.61. The Morgan fingerprint density at radius 1 is 1.20 bits per heavy atom. The fourth-order valence-corrected chi connectivity index (χ4v) is 2.66. The second-order valence-corrected chi connectivity index (χ2v) is 7.17. The second kappa shape index (κ2) is 9.52. The number of amides is 1. The van der Waals surface area contributed by atoms with Gasteiger partial charge in [-0.2, -0.15) is 13.2 Å². The van der Waals surface area contributed by atoms with Gasteiger partial charge >= 0.3 is 17.8 Å². The summed E-state index contributed by atoms with van der Waals surface area (Å²) in [5.74, 6) is -1.17. The molecule has 1 aromatic rings. The summed E-state index contributed by atoms with van der Waals surface area (Å²) in [7, 11) is 4.92. The Morgan fingerprint density at radius 2 is 1.80 bits per heavy atom. The Kier molecular flexibility index (Phi) is 7.54. The number of methoxy groups -OCH3 is 1. The molecule has 1 aromatic carbocycles. The summed E-state index contributed by atoms with van der Waals surface area (Å²) in [4.78, 5) is 26.3. The Balaban J connectivity index is 2.01. The molecule has 2 rings (SSSR count). The van der Waals surface area contributed by atoms with Crippen LogP contribution in [0.4, 0.5) is 13.2 Å². The van der Waals surface area contributed by atoms with Gasteiger partial charge in [0.1, 0.15) is 12.1 Å². The number of carbonyl (C=O) groups excluding carboxylic acids is 2. The number of rotatable bonds is 10. The van der Waals surface area contributed by atoms with E-state index in [9.17, 15) is 22.8 Å². The standard InChI is InChI=1S/C19H25F3N4O4/c1-12(30-10-9-26(2)3)16(27)23-15(17(28)29-4)11-13-5-7-14(8-6-13)18(24-25-18)19(20,21)22/h5-8,12,15H,9-11H2,1-4H3,(H,23,27)/t12-,15?/m1/s1. The molecule has 2 atom stereocenters. The molecule has 0 aliphatic carbocycles. The SMILES string of the molecule is COC(=O)C(Cc1ccc(C2(C(F)(F)F)N=N2)cc1)NC(=O)[C@@H](C)OCCN(C)C. The zero-order valence-electron chi connectivity index (χ0n) is 17.2. The zero-order chi connectivity index (χ0) is 22.5. The second-order valence-electron chi connectivity index (χ2n) is 7.17. The van der Waals surface area contributed by atoms with Crippen molar-refractivity contribution >= 4 is 11.9 Å². The fourth-order valence-electron chi connectivity index (χ4n) is 2.66. The van der Waals surface area contributed by atoms with Gasteiger partial charge in [0.25, 0.3) is 0 Å². The van der Waals surface area contributed by atoms with E-state index in [1.807, 2.05) is 19.0 Å². The van der Waals surface area contributed by atoms with Crippen molar-refractivity contribution in [2.45, 2.75) is 37.3 Å². The number of nitrogens with one attached hydrogen (secondary N) is 1. The molecule has 0 radical (unpaired) electrons. The molecule has 1 amide bonds. The Labute approximate surface area is 172 Å². The largest absolute Gasteiger partial charge is 0.467 e. The van der Waals surface area contributed by atoms with Gasteiger partial charge in [0, 0.05) is 18.5 Å². The highest BCUT2D eigenvalue weighted by Crippen LogP contribution is 2.52. The highest BCUT2D eigenvalue weighted by molar-refractivity contribution is 5.86. The molecule has 1 aliphatic rings. The number of ether oxygens (including phenoxy) is 2. The van der Waals surface area contributed by atoms with E-state index in [4.69, 9.17) is 9.47 Å². The van der Waals surface area contributed by atoms with E-state index in [-0.39, 0.29) is 12.0 Å². The molecule has 0 spiro atoms. The highest BCUT2D eigenvalue weighted by atomic mass is 19.4. The maximum absolute atomic E-state index is 13.1. The van der Waals surface area contributed by atoms with Crippen molar-refractivity contribution in [3.8, 4) is 0 Å². The molecule has 1 heterocycles. The van der Waals surface area contributed by atoms with E-state index in [1.54, 1.807) is 6.92 Å². The number of nitrogens with zero attached hydrogens (tertiary/aromatic N) is 3. The van der Waals surface area contributed by atoms with Crippen molar-refractivity contribution in [2.75, 3.05) is 34.4 Å². The van der Waals surface area contributed by atoms with Crippen LogP contribution in [0.3, 0.4) is 0 Å². The molecular formula is C19H25F3N4O4. The minimum Gasteiger partial charge on any atom is -0.467 e. The molecule has 1 N–H and O–H groups in total. The summed E-state index contributed by atoms with van der Waals surface area (Å²) in [5, 5.41) is 8.87. The lowest BCUT2D eigenvalue weighted by atomic mass is 9.98. The van der Waals surface area contributed by atoms with Crippen LogP contribution in [0.5, 0.6) is 0 Å². The molecule has 0 saturated carbocycles. The molecule has 1 aliphatic heterocycles.